The van der Waals surface area contributed by atoms with Crippen LogP contribution in [-0.4, -0.2) is 32.5 Å². The summed E-state index contributed by atoms with van der Waals surface area (Å²) in [4.78, 5) is 13.9. The van der Waals surface area contributed by atoms with Gasteiger partial charge in [-0.25, -0.2) is 4.79 Å². The van der Waals surface area contributed by atoms with Gasteiger partial charge >= 0.3 is 6.09 Å². The second-order valence-electron chi connectivity index (χ2n) is 5.72. The molecular weight excluding hydrogens is 258 g/mol. The van der Waals surface area contributed by atoms with Crippen molar-refractivity contribution in [3.05, 3.63) is 17.7 Å². The van der Waals surface area contributed by atoms with Crippen molar-refractivity contribution in [1.29, 1.82) is 0 Å². The van der Waals surface area contributed by atoms with E-state index in [1.807, 2.05) is 32.9 Å². The predicted molar refractivity (Wildman–Crippen MR) is 76.8 cm³/mol. The Morgan fingerprint density at radius 3 is 2.30 bits per heavy atom. The zero-order valence-electron chi connectivity index (χ0n) is 12.6. The van der Waals surface area contributed by atoms with Gasteiger partial charge in [0.15, 0.2) is 11.5 Å². The number of nitrogens with zero attached hydrogens (tertiary/aromatic N) is 1. The quantitative estimate of drug-likeness (QED) is 0.835. The predicted octanol–water partition coefficient (Wildman–Crippen LogP) is 3.00. The first-order valence-electron chi connectivity index (χ1n) is 6.61. The molecule has 1 aliphatic rings. The molecule has 0 N–H and O–H groups in total. The number of fused-ring (bicyclic) bond motifs is 1. The molecule has 1 amide bonds. The molecule has 1 aromatic carbocycles. The standard InChI is InChI=1S/C15H21NO4/c1-15(2,3)20-14(17)16-7-6-10-8-12(18-4)13(19-5)9-11(10)16/h8-9H,6-7H2,1-5H3. The van der Waals surface area contributed by atoms with Gasteiger partial charge in [0, 0.05) is 12.6 Å². The lowest BCUT2D eigenvalue weighted by molar-refractivity contribution is 0.0584. The van der Waals surface area contributed by atoms with Gasteiger partial charge in [0.1, 0.15) is 5.60 Å². The van der Waals surface area contributed by atoms with Crippen molar-refractivity contribution in [1.82, 2.24) is 0 Å². The molecule has 0 atom stereocenters. The summed E-state index contributed by atoms with van der Waals surface area (Å²) in [5, 5.41) is 0. The second kappa shape index (κ2) is 5.23. The topological polar surface area (TPSA) is 48.0 Å². The van der Waals surface area contributed by atoms with Crippen molar-refractivity contribution < 1.29 is 19.0 Å². The lowest BCUT2D eigenvalue weighted by Gasteiger charge is -2.25. The monoisotopic (exact) mass is 279 g/mol. The van der Waals surface area contributed by atoms with E-state index in [0.29, 0.717) is 18.0 Å². The van der Waals surface area contributed by atoms with Crippen molar-refractivity contribution in [2.24, 2.45) is 0 Å². The molecular formula is C15H21NO4. The Hall–Kier alpha value is -1.91. The molecule has 5 heteroatoms. The number of carbonyl (C=O) groups excluding carboxylic acids is 1. The van der Waals surface area contributed by atoms with Crippen LogP contribution in [0.15, 0.2) is 12.1 Å². The summed E-state index contributed by atoms with van der Waals surface area (Å²) in [6, 6.07) is 3.74. The fourth-order valence-corrected chi connectivity index (χ4v) is 2.22. The minimum atomic E-state index is -0.504. The molecule has 2 rings (SSSR count). The summed E-state index contributed by atoms with van der Waals surface area (Å²) in [5.41, 5.74) is 1.39. The smallest absolute Gasteiger partial charge is 0.414 e. The molecule has 1 aromatic rings. The Kier molecular flexibility index (Phi) is 3.79. The number of benzene rings is 1. The van der Waals surface area contributed by atoms with E-state index in [1.54, 1.807) is 19.1 Å². The molecule has 0 fully saturated rings. The fraction of sp³-hybridized carbons (Fsp3) is 0.533. The van der Waals surface area contributed by atoms with E-state index in [-0.39, 0.29) is 6.09 Å². The number of rotatable bonds is 2. The van der Waals surface area contributed by atoms with Gasteiger partial charge in [0.25, 0.3) is 0 Å². The maximum Gasteiger partial charge on any atom is 0.414 e. The first-order valence-corrected chi connectivity index (χ1v) is 6.61. The lowest BCUT2D eigenvalue weighted by Crippen LogP contribution is -2.35. The maximum absolute atomic E-state index is 12.2. The third-order valence-corrected chi connectivity index (χ3v) is 3.09. The number of methoxy groups -OCH3 is 2. The summed E-state index contributed by atoms with van der Waals surface area (Å²) in [7, 11) is 3.18. The van der Waals surface area contributed by atoms with Gasteiger partial charge in [0.2, 0.25) is 0 Å². The van der Waals surface area contributed by atoms with Crippen molar-refractivity contribution in [3.8, 4) is 11.5 Å². The molecule has 0 saturated carbocycles. The van der Waals surface area contributed by atoms with Gasteiger partial charge in [0.05, 0.1) is 19.9 Å². The highest BCUT2D eigenvalue weighted by atomic mass is 16.6. The van der Waals surface area contributed by atoms with Crippen LogP contribution in [-0.2, 0) is 11.2 Å². The van der Waals surface area contributed by atoms with Crippen LogP contribution in [0, 0.1) is 0 Å². The van der Waals surface area contributed by atoms with E-state index < -0.39 is 5.60 Å². The number of hydrogen-bond acceptors (Lipinski definition) is 4. The van der Waals surface area contributed by atoms with E-state index in [9.17, 15) is 4.79 Å². The molecule has 0 radical (unpaired) electrons. The second-order valence-corrected chi connectivity index (χ2v) is 5.72. The number of amides is 1. The Labute approximate surface area is 119 Å². The van der Waals surface area contributed by atoms with Crippen molar-refractivity contribution >= 4 is 11.8 Å². The van der Waals surface area contributed by atoms with Crippen LogP contribution in [0.4, 0.5) is 10.5 Å². The van der Waals surface area contributed by atoms with Gasteiger partial charge in [-0.1, -0.05) is 0 Å². The highest BCUT2D eigenvalue weighted by Gasteiger charge is 2.30. The van der Waals surface area contributed by atoms with Crippen LogP contribution < -0.4 is 14.4 Å². The van der Waals surface area contributed by atoms with Gasteiger partial charge in [-0.15, -0.1) is 0 Å². The largest absolute Gasteiger partial charge is 0.493 e. The highest BCUT2D eigenvalue weighted by molar-refractivity contribution is 5.91. The SMILES string of the molecule is COc1cc2c(cc1OC)N(C(=O)OC(C)(C)C)CC2. The molecule has 0 spiro atoms. The Balaban J connectivity index is 2.30. The first-order chi connectivity index (χ1) is 9.35. The summed E-state index contributed by atoms with van der Waals surface area (Å²) >= 11 is 0. The fourth-order valence-electron chi connectivity index (χ4n) is 2.22. The molecule has 0 aliphatic carbocycles. The van der Waals surface area contributed by atoms with Crippen molar-refractivity contribution in [3.63, 3.8) is 0 Å². The number of carbonyl (C=O) groups is 1. The van der Waals surface area contributed by atoms with E-state index >= 15 is 0 Å². The zero-order valence-corrected chi connectivity index (χ0v) is 12.6. The van der Waals surface area contributed by atoms with Crippen LogP contribution >= 0.6 is 0 Å². The van der Waals surface area contributed by atoms with E-state index in [0.717, 1.165) is 17.7 Å². The van der Waals surface area contributed by atoms with Gasteiger partial charge in [-0.2, -0.15) is 0 Å². The van der Waals surface area contributed by atoms with Crippen LogP contribution in [0.3, 0.4) is 0 Å². The minimum absolute atomic E-state index is 0.330. The molecule has 0 unspecified atom stereocenters. The Morgan fingerprint density at radius 2 is 1.75 bits per heavy atom. The number of anilines is 1. The normalized spacial score (nSPS) is 13.9. The average Bonchev–Trinajstić information content (AvgIpc) is 2.77. The van der Waals surface area contributed by atoms with E-state index in [1.165, 1.54) is 0 Å². The number of hydrogen-bond donors (Lipinski definition) is 0. The molecule has 1 heterocycles. The van der Waals surface area contributed by atoms with Crippen LogP contribution in [0.25, 0.3) is 0 Å². The van der Waals surface area contributed by atoms with Gasteiger partial charge < -0.3 is 14.2 Å². The van der Waals surface area contributed by atoms with Crippen molar-refractivity contribution in [2.75, 3.05) is 25.7 Å². The van der Waals surface area contributed by atoms with Crippen molar-refractivity contribution in [2.45, 2.75) is 32.8 Å². The molecule has 0 aromatic heterocycles. The summed E-state index contributed by atoms with van der Waals surface area (Å²) in [6.07, 6.45) is 0.457. The molecule has 5 nitrogen and oxygen atoms in total. The molecule has 1 aliphatic heterocycles. The van der Waals surface area contributed by atoms with E-state index in [4.69, 9.17) is 14.2 Å². The molecule has 110 valence electrons. The summed E-state index contributed by atoms with van der Waals surface area (Å²) in [5.74, 6) is 1.29. The van der Waals surface area contributed by atoms with Crippen LogP contribution in [0.1, 0.15) is 26.3 Å². The lowest BCUT2D eigenvalue weighted by atomic mass is 10.1. The third kappa shape index (κ3) is 2.81. The van der Waals surface area contributed by atoms with Crippen LogP contribution in [0.2, 0.25) is 0 Å². The summed E-state index contributed by atoms with van der Waals surface area (Å²) < 4.78 is 16.0. The highest BCUT2D eigenvalue weighted by Crippen LogP contribution is 2.39. The minimum Gasteiger partial charge on any atom is -0.493 e. The van der Waals surface area contributed by atoms with E-state index in [2.05, 4.69) is 0 Å². The maximum atomic E-state index is 12.2. The molecule has 20 heavy (non-hydrogen) atoms. The van der Waals surface area contributed by atoms with Crippen LogP contribution in [0.5, 0.6) is 11.5 Å². The number of ether oxygens (including phenoxy) is 3. The first kappa shape index (κ1) is 14.5. The summed E-state index contributed by atoms with van der Waals surface area (Å²) in [6.45, 7) is 6.18. The zero-order chi connectivity index (χ0) is 14.9. The third-order valence-electron chi connectivity index (χ3n) is 3.09. The Bertz CT molecular complexity index is 519. The molecule has 0 bridgehead atoms. The van der Waals surface area contributed by atoms with Gasteiger partial charge in [-0.05, 0) is 38.8 Å². The average molecular weight is 279 g/mol. The molecule has 0 saturated heterocycles. The van der Waals surface area contributed by atoms with Gasteiger partial charge in [-0.3, -0.25) is 4.90 Å². The Morgan fingerprint density at radius 1 is 1.15 bits per heavy atom.